The molecule has 0 aromatic heterocycles. The summed E-state index contributed by atoms with van der Waals surface area (Å²) in [7, 11) is -1.45. The lowest BCUT2D eigenvalue weighted by Gasteiger charge is -2.19. The molecule has 0 radical (unpaired) electrons. The average Bonchev–Trinajstić information content (AvgIpc) is 2.87. The highest BCUT2D eigenvalue weighted by Gasteiger charge is 2.24. The van der Waals surface area contributed by atoms with Gasteiger partial charge >= 0.3 is 11.9 Å². The molecule has 10 nitrogen and oxygen atoms in total. The van der Waals surface area contributed by atoms with Gasteiger partial charge in [-0.15, -0.1) is 6.58 Å². The quantitative estimate of drug-likeness (QED) is 0.0372. The molecule has 0 heterocycles. The van der Waals surface area contributed by atoms with Gasteiger partial charge in [0.1, 0.15) is 17.1 Å². The minimum atomic E-state index is -1.45. The largest absolute Gasteiger partial charge is 0.479 e. The van der Waals surface area contributed by atoms with E-state index in [1.807, 2.05) is 32.9 Å². The van der Waals surface area contributed by atoms with Crippen LogP contribution in [0.25, 0.3) is 0 Å². The van der Waals surface area contributed by atoms with Crippen molar-refractivity contribution in [1.82, 2.24) is 0 Å². The Morgan fingerprint density at radius 2 is 1.77 bits per heavy atom. The molecule has 0 aliphatic heterocycles. The Balaban J connectivity index is 3.54. The number of allylic oxidation sites excluding steroid dienone is 3. The number of carboxylic acid groups (broad SMARTS) is 1. The molecule has 0 aliphatic carbocycles. The number of carboxylic acids is 1. The number of oxime groups is 1. The molecule has 1 aromatic rings. The highest BCUT2D eigenvalue weighted by Crippen LogP contribution is 2.31. The standard InChI is InChI=1S/C29H45NO9Si/c1-8-22(4)12-11-13-24(30-39-19-27(31)32)16-23-17-25(37-20-34-9-2)18-26(38-21-35-10-3)28(23)29(33)36-14-15-40(5,6)7/h8,11,13,17-18,22H,1,9-10,12,14-16,19-21H2,2-7H3,(H,31,32). The molecule has 1 atom stereocenters. The van der Waals surface area contributed by atoms with Crippen molar-refractivity contribution >= 4 is 25.7 Å². The second-order valence-corrected chi connectivity index (χ2v) is 15.8. The SMILES string of the molecule is C=CC(C)CC=CC(Cc1cc(OCOCC)cc(OCOCC)c1C(=O)OCC[Si](C)(C)C)=NOCC(=O)O. The van der Waals surface area contributed by atoms with E-state index in [1.54, 1.807) is 18.2 Å². The van der Waals surface area contributed by atoms with E-state index in [0.29, 0.717) is 36.7 Å². The summed E-state index contributed by atoms with van der Waals surface area (Å²) in [6.07, 6.45) is 6.25. The molecule has 0 amide bonds. The van der Waals surface area contributed by atoms with Crippen molar-refractivity contribution in [3.8, 4) is 11.5 Å². The molecule has 0 spiro atoms. The molecule has 0 saturated carbocycles. The summed E-state index contributed by atoms with van der Waals surface area (Å²) in [4.78, 5) is 29.5. The van der Waals surface area contributed by atoms with Crippen LogP contribution in [0.4, 0.5) is 0 Å². The van der Waals surface area contributed by atoms with Gasteiger partial charge in [0.15, 0.2) is 13.6 Å². The predicted molar refractivity (Wildman–Crippen MR) is 157 cm³/mol. The van der Waals surface area contributed by atoms with Gasteiger partial charge in [-0.05, 0) is 49.9 Å². The van der Waals surface area contributed by atoms with E-state index >= 15 is 0 Å². The number of carbonyl (C=O) groups is 2. The maximum atomic E-state index is 13.4. The number of esters is 1. The summed E-state index contributed by atoms with van der Waals surface area (Å²) < 4.78 is 28.0. The van der Waals surface area contributed by atoms with Crippen molar-refractivity contribution in [2.45, 2.75) is 59.3 Å². The van der Waals surface area contributed by atoms with Crippen molar-refractivity contribution in [2.24, 2.45) is 11.1 Å². The van der Waals surface area contributed by atoms with Crippen LogP contribution in [0.1, 0.15) is 43.1 Å². The minimum Gasteiger partial charge on any atom is -0.479 e. The Morgan fingerprint density at radius 3 is 2.38 bits per heavy atom. The first-order valence-electron chi connectivity index (χ1n) is 13.5. The molecule has 1 aromatic carbocycles. The Kier molecular flexibility index (Phi) is 16.6. The van der Waals surface area contributed by atoms with Gasteiger partial charge in [-0.1, -0.05) is 43.9 Å². The van der Waals surface area contributed by atoms with E-state index in [0.717, 1.165) is 6.04 Å². The number of nitrogens with zero attached hydrogens (tertiary/aromatic N) is 1. The Morgan fingerprint density at radius 1 is 1.10 bits per heavy atom. The van der Waals surface area contributed by atoms with Gasteiger partial charge in [-0.25, -0.2) is 9.59 Å². The highest BCUT2D eigenvalue weighted by molar-refractivity contribution is 6.76. The van der Waals surface area contributed by atoms with E-state index < -0.39 is 26.6 Å². The van der Waals surface area contributed by atoms with E-state index in [-0.39, 0.29) is 43.8 Å². The van der Waals surface area contributed by atoms with Gasteiger partial charge in [0.05, 0.1) is 12.3 Å². The Labute approximate surface area is 238 Å². The van der Waals surface area contributed by atoms with Crippen molar-refractivity contribution in [3.63, 3.8) is 0 Å². The van der Waals surface area contributed by atoms with Crippen molar-refractivity contribution < 1.29 is 43.2 Å². The molecule has 0 bridgehead atoms. The lowest BCUT2D eigenvalue weighted by Crippen LogP contribution is -2.23. The molecule has 224 valence electrons. The van der Waals surface area contributed by atoms with Crippen LogP contribution in [0.5, 0.6) is 11.5 Å². The lowest BCUT2D eigenvalue weighted by atomic mass is 9.99. The molecule has 1 unspecified atom stereocenters. The number of hydrogen-bond acceptors (Lipinski definition) is 9. The summed E-state index contributed by atoms with van der Waals surface area (Å²) in [5.41, 5.74) is 1.10. The summed E-state index contributed by atoms with van der Waals surface area (Å²) in [5, 5.41) is 13.0. The number of rotatable bonds is 21. The summed E-state index contributed by atoms with van der Waals surface area (Å²) in [6.45, 7) is 16.6. The summed E-state index contributed by atoms with van der Waals surface area (Å²) >= 11 is 0. The molecule has 1 N–H and O–H groups in total. The fraction of sp³-hybridized carbons (Fsp3) is 0.552. The van der Waals surface area contributed by atoms with Gasteiger partial charge in [0, 0.05) is 33.8 Å². The van der Waals surface area contributed by atoms with Gasteiger partial charge in [-0.3, -0.25) is 0 Å². The first-order valence-corrected chi connectivity index (χ1v) is 17.2. The number of hydrogen-bond donors (Lipinski definition) is 1. The molecule has 0 aliphatic rings. The van der Waals surface area contributed by atoms with E-state index in [9.17, 15) is 9.59 Å². The fourth-order valence-corrected chi connectivity index (χ4v) is 3.83. The van der Waals surface area contributed by atoms with E-state index in [1.165, 1.54) is 0 Å². The van der Waals surface area contributed by atoms with Gasteiger partial charge in [0.2, 0.25) is 6.61 Å². The Hall–Kier alpha value is -3.15. The van der Waals surface area contributed by atoms with Crippen LogP contribution in [0.15, 0.2) is 42.1 Å². The second kappa shape index (κ2) is 19.0. The smallest absolute Gasteiger partial charge is 0.344 e. The maximum absolute atomic E-state index is 13.4. The molecule has 0 fully saturated rings. The third-order valence-electron chi connectivity index (χ3n) is 5.42. The Bertz CT molecular complexity index is 1000. The van der Waals surface area contributed by atoms with Gasteiger partial charge in [0.25, 0.3) is 0 Å². The molecule has 0 saturated heterocycles. The van der Waals surface area contributed by atoms with E-state index in [2.05, 4.69) is 31.4 Å². The zero-order valence-corrected chi connectivity index (χ0v) is 25.7. The van der Waals surface area contributed by atoms with Crippen molar-refractivity contribution in [1.29, 1.82) is 0 Å². The van der Waals surface area contributed by atoms with Crippen LogP contribution in [0.2, 0.25) is 25.7 Å². The lowest BCUT2D eigenvalue weighted by molar-refractivity contribution is -0.142. The van der Waals surface area contributed by atoms with E-state index in [4.69, 9.17) is 33.6 Å². The normalized spacial score (nSPS) is 12.7. The van der Waals surface area contributed by atoms with Gasteiger partial charge < -0.3 is 33.6 Å². The highest BCUT2D eigenvalue weighted by atomic mass is 28.3. The van der Waals surface area contributed by atoms with Crippen molar-refractivity contribution in [3.05, 3.63) is 48.1 Å². The molecular weight excluding hydrogens is 534 g/mol. The maximum Gasteiger partial charge on any atom is 0.344 e. The molecule has 1 rings (SSSR count). The van der Waals surface area contributed by atoms with Crippen LogP contribution >= 0.6 is 0 Å². The second-order valence-electron chi connectivity index (χ2n) is 10.2. The first kappa shape index (κ1) is 34.9. The molecule has 11 heteroatoms. The number of carbonyl (C=O) groups excluding carboxylic acids is 1. The topological polar surface area (TPSA) is 122 Å². The number of aliphatic carboxylic acids is 1. The van der Waals surface area contributed by atoms with Crippen LogP contribution in [-0.2, 0) is 30.3 Å². The van der Waals surface area contributed by atoms with Crippen molar-refractivity contribution in [2.75, 3.05) is 40.0 Å². The van der Waals surface area contributed by atoms with Gasteiger partial charge in [-0.2, -0.15) is 0 Å². The van der Waals surface area contributed by atoms with Crippen LogP contribution in [0, 0.1) is 5.92 Å². The molecular formula is C29H45NO9Si. The zero-order valence-electron chi connectivity index (χ0n) is 24.7. The third kappa shape index (κ3) is 14.9. The summed E-state index contributed by atoms with van der Waals surface area (Å²) in [6, 6.07) is 4.09. The monoisotopic (exact) mass is 579 g/mol. The third-order valence-corrected chi connectivity index (χ3v) is 7.13. The zero-order chi connectivity index (χ0) is 30.0. The fourth-order valence-electron chi connectivity index (χ4n) is 3.12. The predicted octanol–water partition coefficient (Wildman–Crippen LogP) is 5.70. The molecule has 40 heavy (non-hydrogen) atoms. The first-order chi connectivity index (χ1) is 19.0. The number of benzene rings is 1. The van der Waals surface area contributed by atoms with Crippen LogP contribution in [-0.4, -0.2) is 70.8 Å². The van der Waals surface area contributed by atoms with Crippen LogP contribution < -0.4 is 9.47 Å². The summed E-state index contributed by atoms with van der Waals surface area (Å²) in [5.74, 6) is -0.847. The number of ether oxygens (including phenoxy) is 5. The van der Waals surface area contributed by atoms with Crippen LogP contribution in [0.3, 0.4) is 0 Å². The minimum absolute atomic E-state index is 0.00283. The average molecular weight is 580 g/mol.